The lowest BCUT2D eigenvalue weighted by atomic mass is 9.94. The van der Waals surface area contributed by atoms with Crippen LogP contribution in [-0.4, -0.2) is 19.4 Å². The Labute approximate surface area is 126 Å². The van der Waals surface area contributed by atoms with Gasteiger partial charge in [0.25, 0.3) is 0 Å². The van der Waals surface area contributed by atoms with Crippen molar-refractivity contribution in [3.8, 4) is 0 Å². The summed E-state index contributed by atoms with van der Waals surface area (Å²) in [7, 11) is 1.85. The molecule has 19 heavy (non-hydrogen) atoms. The molecule has 1 atom stereocenters. The van der Waals surface area contributed by atoms with Gasteiger partial charge in [0.1, 0.15) is 5.78 Å². The summed E-state index contributed by atoms with van der Waals surface area (Å²) >= 11 is 11.8. The highest BCUT2D eigenvalue weighted by atomic mass is 35.5. The number of halogens is 2. The van der Waals surface area contributed by atoms with Gasteiger partial charge in [0.2, 0.25) is 0 Å². The molecule has 0 bridgehead atoms. The van der Waals surface area contributed by atoms with Gasteiger partial charge in [0.05, 0.1) is 10.0 Å². The normalized spacial score (nSPS) is 11.5. The fourth-order valence-corrected chi connectivity index (χ4v) is 2.11. The van der Waals surface area contributed by atoms with Crippen LogP contribution in [0.3, 0.4) is 0 Å². The maximum absolute atomic E-state index is 11.8. The third-order valence-electron chi connectivity index (χ3n) is 2.72. The molecule has 0 aliphatic carbocycles. The van der Waals surface area contributed by atoms with Crippen LogP contribution >= 0.6 is 23.2 Å². The number of nitrogens with one attached hydrogen (secondary N) is 1. The van der Waals surface area contributed by atoms with E-state index in [1.54, 1.807) is 6.07 Å². The highest BCUT2D eigenvalue weighted by Gasteiger charge is 2.16. The Morgan fingerprint density at radius 3 is 2.37 bits per heavy atom. The largest absolute Gasteiger partial charge is 0.319 e. The van der Waals surface area contributed by atoms with Crippen LogP contribution in [0.1, 0.15) is 32.8 Å². The summed E-state index contributed by atoms with van der Waals surface area (Å²) in [4.78, 5) is 11.8. The maximum Gasteiger partial charge on any atom is 0.137 e. The lowest BCUT2D eigenvalue weighted by Crippen LogP contribution is -2.27. The molecule has 4 heteroatoms. The average molecular weight is 304 g/mol. The van der Waals surface area contributed by atoms with E-state index < -0.39 is 0 Å². The molecule has 0 aromatic heterocycles. The first-order valence-corrected chi connectivity index (χ1v) is 7.45. The molecule has 1 rings (SSSR count). The molecule has 0 heterocycles. The van der Waals surface area contributed by atoms with Crippen LogP contribution in [0.2, 0.25) is 10.0 Å². The molecule has 0 aliphatic rings. The summed E-state index contributed by atoms with van der Waals surface area (Å²) in [5.74, 6) is 0.271. The van der Waals surface area contributed by atoms with E-state index in [2.05, 4.69) is 5.32 Å². The van der Waals surface area contributed by atoms with Crippen LogP contribution in [0, 0.1) is 5.92 Å². The van der Waals surface area contributed by atoms with Gasteiger partial charge in [-0.3, -0.25) is 4.79 Å². The molecule has 1 aromatic carbocycles. The van der Waals surface area contributed by atoms with Gasteiger partial charge in [-0.05, 0) is 31.2 Å². The van der Waals surface area contributed by atoms with Gasteiger partial charge in [0, 0.05) is 18.9 Å². The van der Waals surface area contributed by atoms with Crippen LogP contribution in [-0.2, 0) is 11.2 Å². The van der Waals surface area contributed by atoms with Crippen molar-refractivity contribution in [2.75, 3.05) is 13.6 Å². The first-order chi connectivity index (χ1) is 9.08. The van der Waals surface area contributed by atoms with Crippen molar-refractivity contribution in [2.45, 2.75) is 33.6 Å². The molecule has 0 amide bonds. The van der Waals surface area contributed by atoms with Crippen molar-refractivity contribution in [3.63, 3.8) is 0 Å². The number of benzene rings is 1. The third kappa shape index (κ3) is 6.42. The number of carbonyl (C=O) groups excluding carboxylic acids is 1. The van der Waals surface area contributed by atoms with Gasteiger partial charge in [0.15, 0.2) is 0 Å². The Balaban J connectivity index is 0.00000154. The number of carbonyl (C=O) groups is 1. The number of Topliss-reactive ketones (excluding diaryl/α,β-unsaturated/α-hetero) is 1. The van der Waals surface area contributed by atoms with Crippen LogP contribution in [0.5, 0.6) is 0 Å². The van der Waals surface area contributed by atoms with Crippen LogP contribution in [0.4, 0.5) is 0 Å². The van der Waals surface area contributed by atoms with Gasteiger partial charge in [-0.1, -0.05) is 50.0 Å². The van der Waals surface area contributed by atoms with Gasteiger partial charge in [-0.25, -0.2) is 0 Å². The summed E-state index contributed by atoms with van der Waals surface area (Å²) in [5, 5.41) is 4.13. The molecule has 2 nitrogen and oxygen atoms in total. The fourth-order valence-electron chi connectivity index (χ4n) is 1.79. The summed E-state index contributed by atoms with van der Waals surface area (Å²) in [5.41, 5.74) is 1.04. The summed E-state index contributed by atoms with van der Waals surface area (Å²) in [6.07, 6.45) is 1.26. The fraction of sp³-hybridized carbons (Fsp3) is 0.533. The first kappa shape index (κ1) is 18.4. The van der Waals surface area contributed by atoms with E-state index >= 15 is 0 Å². The Kier molecular flexibility index (Phi) is 9.94. The van der Waals surface area contributed by atoms with E-state index in [0.29, 0.717) is 29.4 Å². The zero-order valence-corrected chi connectivity index (χ0v) is 13.6. The van der Waals surface area contributed by atoms with E-state index in [1.165, 1.54) is 0 Å². The quantitative estimate of drug-likeness (QED) is 0.845. The molecule has 1 N–H and O–H groups in total. The van der Waals surface area contributed by atoms with E-state index in [0.717, 1.165) is 5.56 Å². The van der Waals surface area contributed by atoms with E-state index in [1.807, 2.05) is 40.0 Å². The standard InChI is InChI=1S/C13H17Cl2NO.C2H6/c1-3-13(17)10(8-16-2)6-9-4-5-11(14)12(15)7-9;1-2/h4-5,7,10,16H,3,6,8H2,1-2H3;1-2H3. The van der Waals surface area contributed by atoms with Crippen molar-refractivity contribution in [2.24, 2.45) is 5.92 Å². The van der Waals surface area contributed by atoms with Crippen molar-refractivity contribution >= 4 is 29.0 Å². The van der Waals surface area contributed by atoms with Crippen LogP contribution in [0.15, 0.2) is 18.2 Å². The molecule has 0 saturated heterocycles. The minimum absolute atomic E-state index is 0.00208. The molecule has 0 aliphatic heterocycles. The van der Waals surface area contributed by atoms with E-state index in [4.69, 9.17) is 23.2 Å². The predicted molar refractivity (Wildman–Crippen MR) is 84.2 cm³/mol. The molecule has 1 unspecified atom stereocenters. The van der Waals surface area contributed by atoms with E-state index in [9.17, 15) is 4.79 Å². The number of hydrogen-bond acceptors (Lipinski definition) is 2. The lowest BCUT2D eigenvalue weighted by Gasteiger charge is -2.15. The van der Waals surface area contributed by atoms with Crippen molar-refractivity contribution < 1.29 is 4.79 Å². The summed E-state index contributed by atoms with van der Waals surface area (Å²) in [6, 6.07) is 5.52. The summed E-state index contributed by atoms with van der Waals surface area (Å²) in [6.45, 7) is 6.58. The number of hydrogen-bond donors (Lipinski definition) is 1. The van der Waals surface area contributed by atoms with Gasteiger partial charge < -0.3 is 5.32 Å². The second-order valence-electron chi connectivity index (χ2n) is 4.03. The monoisotopic (exact) mass is 303 g/mol. The van der Waals surface area contributed by atoms with Crippen molar-refractivity contribution in [1.29, 1.82) is 0 Å². The summed E-state index contributed by atoms with van der Waals surface area (Å²) < 4.78 is 0. The van der Waals surface area contributed by atoms with E-state index in [-0.39, 0.29) is 11.7 Å². The third-order valence-corrected chi connectivity index (χ3v) is 3.46. The van der Waals surface area contributed by atoms with Gasteiger partial charge >= 0.3 is 0 Å². The zero-order chi connectivity index (χ0) is 14.8. The highest BCUT2D eigenvalue weighted by molar-refractivity contribution is 6.42. The second kappa shape index (κ2) is 10.2. The molecule has 108 valence electrons. The topological polar surface area (TPSA) is 29.1 Å². The van der Waals surface area contributed by atoms with Crippen molar-refractivity contribution in [3.05, 3.63) is 33.8 Å². The SMILES string of the molecule is CC.CCC(=O)C(CNC)Cc1ccc(Cl)c(Cl)c1. The zero-order valence-electron chi connectivity index (χ0n) is 12.1. The second-order valence-corrected chi connectivity index (χ2v) is 4.84. The Morgan fingerprint density at radius 1 is 1.26 bits per heavy atom. The molecule has 0 spiro atoms. The Hall–Kier alpha value is -0.570. The first-order valence-electron chi connectivity index (χ1n) is 6.69. The minimum Gasteiger partial charge on any atom is -0.319 e. The molecular formula is C15H23Cl2NO. The minimum atomic E-state index is 0.00208. The molecular weight excluding hydrogens is 281 g/mol. The molecule has 0 saturated carbocycles. The van der Waals surface area contributed by atoms with Crippen LogP contribution < -0.4 is 5.32 Å². The van der Waals surface area contributed by atoms with Crippen molar-refractivity contribution in [1.82, 2.24) is 5.32 Å². The predicted octanol–water partition coefficient (Wildman–Crippen LogP) is 4.38. The van der Waals surface area contributed by atoms with Gasteiger partial charge in [-0.2, -0.15) is 0 Å². The molecule has 0 fully saturated rings. The lowest BCUT2D eigenvalue weighted by molar-refractivity contribution is -0.122. The Morgan fingerprint density at radius 2 is 1.89 bits per heavy atom. The number of rotatable bonds is 6. The number of ketones is 1. The average Bonchev–Trinajstić information content (AvgIpc) is 2.43. The maximum atomic E-state index is 11.8. The smallest absolute Gasteiger partial charge is 0.137 e. The molecule has 0 radical (unpaired) electrons. The van der Waals surface area contributed by atoms with Gasteiger partial charge in [-0.15, -0.1) is 0 Å². The highest BCUT2D eigenvalue weighted by Crippen LogP contribution is 2.24. The Bertz CT molecular complexity index is 394. The van der Waals surface area contributed by atoms with Crippen LogP contribution in [0.25, 0.3) is 0 Å². The molecule has 1 aromatic rings.